The minimum Gasteiger partial charge on any atom is -0.467 e. The number of nitrogens with one attached hydrogen (secondary N) is 1. The van der Waals surface area contributed by atoms with Gasteiger partial charge >= 0.3 is 5.97 Å². The van der Waals surface area contributed by atoms with Crippen molar-refractivity contribution in [2.75, 3.05) is 7.11 Å². The van der Waals surface area contributed by atoms with E-state index < -0.39 is 17.9 Å². The number of benzene rings is 1. The van der Waals surface area contributed by atoms with E-state index in [9.17, 15) is 9.59 Å². The molecule has 1 aromatic rings. The van der Waals surface area contributed by atoms with Crippen molar-refractivity contribution in [1.82, 2.24) is 5.32 Å². The van der Waals surface area contributed by atoms with Gasteiger partial charge in [-0.3, -0.25) is 4.79 Å². The third kappa shape index (κ3) is 4.39. The molecule has 1 amide bonds. The molecule has 0 unspecified atom stereocenters. The molecule has 0 aliphatic carbocycles. The molecule has 4 nitrogen and oxygen atoms in total. The summed E-state index contributed by atoms with van der Waals surface area (Å²) >= 11 is 11.7. The van der Waals surface area contributed by atoms with Crippen molar-refractivity contribution >= 4 is 35.1 Å². The van der Waals surface area contributed by atoms with E-state index in [2.05, 4.69) is 5.32 Å². The first kappa shape index (κ1) is 16.8. The lowest BCUT2D eigenvalue weighted by Gasteiger charge is -2.21. The lowest BCUT2D eigenvalue weighted by Crippen LogP contribution is -2.45. The number of hydrogen-bond donors (Lipinski definition) is 1. The van der Waals surface area contributed by atoms with Crippen LogP contribution in [-0.4, -0.2) is 25.0 Å². The predicted octanol–water partition coefficient (Wildman–Crippen LogP) is 3.31. The first-order chi connectivity index (χ1) is 9.38. The molecule has 20 heavy (non-hydrogen) atoms. The molecule has 0 aliphatic heterocycles. The average Bonchev–Trinajstić information content (AvgIpc) is 2.41. The largest absolute Gasteiger partial charge is 0.467 e. The Kier molecular flexibility index (Phi) is 6.30. The third-order valence-electron chi connectivity index (χ3n) is 3.08. The number of methoxy groups -OCH3 is 1. The number of ether oxygens (including phenoxy) is 1. The van der Waals surface area contributed by atoms with Gasteiger partial charge in [-0.1, -0.05) is 43.5 Å². The first-order valence-corrected chi connectivity index (χ1v) is 6.99. The molecule has 0 saturated heterocycles. The van der Waals surface area contributed by atoms with Crippen LogP contribution in [0.5, 0.6) is 0 Å². The smallest absolute Gasteiger partial charge is 0.328 e. The Labute approximate surface area is 128 Å². The summed E-state index contributed by atoms with van der Waals surface area (Å²) in [5.74, 6) is -0.924. The van der Waals surface area contributed by atoms with Crippen molar-refractivity contribution in [3.8, 4) is 0 Å². The van der Waals surface area contributed by atoms with Crippen LogP contribution in [-0.2, 0) is 9.53 Å². The van der Waals surface area contributed by atoms with Crippen molar-refractivity contribution < 1.29 is 14.3 Å². The van der Waals surface area contributed by atoms with Gasteiger partial charge in [-0.25, -0.2) is 4.79 Å². The Bertz CT molecular complexity index is 485. The van der Waals surface area contributed by atoms with Crippen LogP contribution >= 0.6 is 23.2 Å². The Hall–Kier alpha value is -1.26. The highest BCUT2D eigenvalue weighted by atomic mass is 35.5. The summed E-state index contributed by atoms with van der Waals surface area (Å²) in [5.41, 5.74) is 0.305. The van der Waals surface area contributed by atoms with Gasteiger partial charge in [0.2, 0.25) is 0 Å². The van der Waals surface area contributed by atoms with Crippen LogP contribution in [0.25, 0.3) is 0 Å². The van der Waals surface area contributed by atoms with Gasteiger partial charge in [-0.2, -0.15) is 0 Å². The lowest BCUT2D eigenvalue weighted by molar-refractivity contribution is -0.144. The molecule has 0 aromatic heterocycles. The number of amides is 1. The van der Waals surface area contributed by atoms with E-state index in [0.717, 1.165) is 6.42 Å². The van der Waals surface area contributed by atoms with E-state index in [1.165, 1.54) is 25.3 Å². The third-order valence-corrected chi connectivity index (χ3v) is 3.52. The van der Waals surface area contributed by atoms with E-state index in [1.807, 2.05) is 13.8 Å². The fourth-order valence-corrected chi connectivity index (χ4v) is 2.23. The van der Waals surface area contributed by atoms with Crippen LogP contribution in [0.2, 0.25) is 10.0 Å². The molecular weight excluding hydrogens is 301 g/mol. The molecule has 0 radical (unpaired) electrons. The molecule has 0 saturated carbocycles. The van der Waals surface area contributed by atoms with Crippen molar-refractivity contribution in [2.24, 2.45) is 5.92 Å². The van der Waals surface area contributed by atoms with Gasteiger partial charge < -0.3 is 10.1 Å². The van der Waals surface area contributed by atoms with Gasteiger partial charge in [0.1, 0.15) is 6.04 Å². The minimum atomic E-state index is -0.699. The summed E-state index contributed by atoms with van der Waals surface area (Å²) in [6.45, 7) is 3.80. The minimum absolute atomic E-state index is 0.0407. The van der Waals surface area contributed by atoms with Crippen LogP contribution < -0.4 is 5.32 Å². The number of halogens is 2. The first-order valence-electron chi connectivity index (χ1n) is 6.23. The van der Waals surface area contributed by atoms with Crippen LogP contribution in [0.15, 0.2) is 18.2 Å². The fraction of sp³-hybridized carbons (Fsp3) is 0.429. The molecule has 1 aromatic carbocycles. The Balaban J connectivity index is 2.93. The monoisotopic (exact) mass is 317 g/mol. The van der Waals surface area contributed by atoms with Gasteiger partial charge in [-0.05, 0) is 24.1 Å². The normalized spacial score (nSPS) is 13.4. The average molecular weight is 318 g/mol. The highest BCUT2D eigenvalue weighted by Gasteiger charge is 2.27. The second kappa shape index (κ2) is 7.50. The van der Waals surface area contributed by atoms with Crippen molar-refractivity contribution in [3.05, 3.63) is 33.8 Å². The van der Waals surface area contributed by atoms with E-state index >= 15 is 0 Å². The molecule has 0 spiro atoms. The zero-order valence-electron chi connectivity index (χ0n) is 11.6. The summed E-state index contributed by atoms with van der Waals surface area (Å²) in [6, 6.07) is 3.82. The van der Waals surface area contributed by atoms with Gasteiger partial charge in [0.25, 0.3) is 5.91 Å². The van der Waals surface area contributed by atoms with Gasteiger partial charge in [0, 0.05) is 15.6 Å². The van der Waals surface area contributed by atoms with Crippen LogP contribution in [0, 0.1) is 5.92 Å². The molecule has 6 heteroatoms. The number of hydrogen-bond acceptors (Lipinski definition) is 3. The van der Waals surface area contributed by atoms with E-state index in [0.29, 0.717) is 15.6 Å². The van der Waals surface area contributed by atoms with Crippen molar-refractivity contribution in [1.29, 1.82) is 0 Å². The molecule has 110 valence electrons. The molecule has 2 atom stereocenters. The van der Waals surface area contributed by atoms with Gasteiger partial charge in [0.05, 0.1) is 7.11 Å². The molecule has 0 aliphatic rings. The summed E-state index contributed by atoms with van der Waals surface area (Å²) in [7, 11) is 1.29. The molecular formula is C14H17Cl2NO3. The Morgan fingerprint density at radius 1 is 1.25 bits per heavy atom. The summed E-state index contributed by atoms with van der Waals surface area (Å²) in [6.07, 6.45) is 0.732. The lowest BCUT2D eigenvalue weighted by atomic mass is 9.99. The number of rotatable bonds is 5. The highest BCUT2D eigenvalue weighted by molar-refractivity contribution is 6.35. The number of carbonyl (C=O) groups excluding carboxylic acids is 2. The van der Waals surface area contributed by atoms with Crippen LogP contribution in [0.4, 0.5) is 0 Å². The van der Waals surface area contributed by atoms with E-state index in [-0.39, 0.29) is 5.92 Å². The molecule has 0 bridgehead atoms. The highest BCUT2D eigenvalue weighted by Crippen LogP contribution is 2.19. The zero-order chi connectivity index (χ0) is 15.3. The Morgan fingerprint density at radius 3 is 2.25 bits per heavy atom. The van der Waals surface area contributed by atoms with Crippen molar-refractivity contribution in [2.45, 2.75) is 26.3 Å². The van der Waals surface area contributed by atoms with Gasteiger partial charge in [-0.15, -0.1) is 0 Å². The molecule has 0 fully saturated rings. The van der Waals surface area contributed by atoms with E-state index in [1.54, 1.807) is 0 Å². The maximum atomic E-state index is 12.2. The topological polar surface area (TPSA) is 55.4 Å². The predicted molar refractivity (Wildman–Crippen MR) is 79.2 cm³/mol. The maximum Gasteiger partial charge on any atom is 0.328 e. The zero-order valence-corrected chi connectivity index (χ0v) is 13.1. The molecule has 1 rings (SSSR count). The Morgan fingerprint density at radius 2 is 1.80 bits per heavy atom. The number of esters is 1. The van der Waals surface area contributed by atoms with Crippen LogP contribution in [0.3, 0.4) is 0 Å². The standard InChI is InChI=1S/C14H17Cl2NO3/c1-4-8(2)12(14(19)20-3)17-13(18)9-5-10(15)7-11(16)6-9/h5-8,12H,4H2,1-3H3,(H,17,18)/t8-,12+/m1/s1. The van der Waals surface area contributed by atoms with E-state index in [4.69, 9.17) is 27.9 Å². The molecule has 0 heterocycles. The van der Waals surface area contributed by atoms with Crippen LogP contribution in [0.1, 0.15) is 30.6 Å². The summed E-state index contributed by atoms with van der Waals surface area (Å²) in [4.78, 5) is 23.9. The molecule has 1 N–H and O–H groups in total. The second-order valence-corrected chi connectivity index (χ2v) is 5.39. The van der Waals surface area contributed by atoms with Gasteiger partial charge in [0.15, 0.2) is 0 Å². The summed E-state index contributed by atoms with van der Waals surface area (Å²) in [5, 5.41) is 3.38. The quantitative estimate of drug-likeness (QED) is 0.848. The summed E-state index contributed by atoms with van der Waals surface area (Å²) < 4.78 is 4.71. The maximum absolute atomic E-state index is 12.2. The second-order valence-electron chi connectivity index (χ2n) is 4.52. The fourth-order valence-electron chi connectivity index (χ4n) is 1.71. The number of carbonyl (C=O) groups is 2. The van der Waals surface area contributed by atoms with Crippen molar-refractivity contribution in [3.63, 3.8) is 0 Å². The SMILES string of the molecule is CC[C@@H](C)[C@H](NC(=O)c1cc(Cl)cc(Cl)c1)C(=O)OC.